The first-order valence-corrected chi connectivity index (χ1v) is 12.3. The zero-order valence-electron chi connectivity index (χ0n) is 21.3. The second-order valence-electron chi connectivity index (χ2n) is 9.37. The topological polar surface area (TPSA) is 71.9 Å². The van der Waals surface area contributed by atoms with E-state index in [2.05, 4.69) is 4.98 Å². The first kappa shape index (κ1) is 29.2. The smallest absolute Gasteiger partial charge is 0.430 e. The first-order valence-electron chi connectivity index (χ1n) is 12.3. The first-order chi connectivity index (χ1) is 18.8. The quantitative estimate of drug-likeness (QED) is 0.367. The van der Waals surface area contributed by atoms with Crippen molar-refractivity contribution < 1.29 is 45.7 Å². The number of hydrogen-bond donors (Lipinski definition) is 1. The Bertz CT molecular complexity index is 1320. The van der Waals surface area contributed by atoms with E-state index in [0.717, 1.165) is 11.6 Å². The highest BCUT2D eigenvalue weighted by Gasteiger charge is 2.71. The number of halogens is 6. The number of alkyl halides is 6. The monoisotopic (exact) mass is 568 g/mol. The van der Waals surface area contributed by atoms with Crippen molar-refractivity contribution in [1.82, 2.24) is 4.98 Å². The Balaban J connectivity index is 1.69. The van der Waals surface area contributed by atoms with Gasteiger partial charge in [-0.3, -0.25) is 9.78 Å². The molecule has 0 aliphatic carbocycles. The third kappa shape index (κ3) is 6.01. The summed E-state index contributed by atoms with van der Waals surface area (Å²) in [5, 5.41) is 9.94. The molecule has 40 heavy (non-hydrogen) atoms. The van der Waals surface area contributed by atoms with Crippen molar-refractivity contribution >= 4 is 11.6 Å². The van der Waals surface area contributed by atoms with Crippen molar-refractivity contribution in [1.29, 1.82) is 0 Å². The van der Waals surface area contributed by atoms with E-state index in [1.807, 2.05) is 0 Å². The molecular formula is C28H26F6N2O4. The molecule has 0 bridgehead atoms. The molecule has 0 saturated carbocycles. The Hall–Kier alpha value is -3.80. The number of methoxy groups -OCH3 is 1. The number of ether oxygens (including phenoxy) is 2. The number of benzene rings is 2. The van der Waals surface area contributed by atoms with E-state index in [4.69, 9.17) is 9.47 Å². The largest absolute Gasteiger partial charge is 0.497 e. The minimum atomic E-state index is -6.03. The molecule has 6 nitrogen and oxygen atoms in total. The SMILES string of the molecule is COc1cccc(OC2CCc3cc(C(O)(C(F)(F)F)C(F)(F)F)ccc3N(C(=O)CCc3cccnc3)C2)c1. The van der Waals surface area contributed by atoms with E-state index < -0.39 is 35.5 Å². The van der Waals surface area contributed by atoms with Crippen LogP contribution in [0.3, 0.4) is 0 Å². The molecule has 214 valence electrons. The van der Waals surface area contributed by atoms with Gasteiger partial charge in [-0.15, -0.1) is 0 Å². The Morgan fingerprint density at radius 1 is 1.02 bits per heavy atom. The molecule has 2 heterocycles. The van der Waals surface area contributed by atoms with Crippen LogP contribution in [0.4, 0.5) is 32.0 Å². The van der Waals surface area contributed by atoms with Gasteiger partial charge in [-0.25, -0.2) is 0 Å². The van der Waals surface area contributed by atoms with Crippen molar-refractivity contribution in [3.63, 3.8) is 0 Å². The van der Waals surface area contributed by atoms with Gasteiger partial charge in [-0.2, -0.15) is 26.3 Å². The lowest BCUT2D eigenvalue weighted by Crippen LogP contribution is -2.54. The third-order valence-corrected chi connectivity index (χ3v) is 6.73. The number of carbonyl (C=O) groups is 1. The molecule has 0 radical (unpaired) electrons. The van der Waals surface area contributed by atoms with Gasteiger partial charge in [0.05, 0.1) is 13.7 Å². The average Bonchev–Trinajstić information content (AvgIpc) is 3.10. The Kier molecular flexibility index (Phi) is 8.29. The highest BCUT2D eigenvalue weighted by Crippen LogP contribution is 2.50. The summed E-state index contributed by atoms with van der Waals surface area (Å²) in [5.74, 6) is 0.533. The molecule has 1 atom stereocenters. The van der Waals surface area contributed by atoms with Gasteiger partial charge in [0.25, 0.3) is 5.60 Å². The molecule has 2 aromatic carbocycles. The fourth-order valence-corrected chi connectivity index (χ4v) is 4.60. The van der Waals surface area contributed by atoms with Crippen molar-refractivity contribution in [3.05, 3.63) is 83.7 Å². The summed E-state index contributed by atoms with van der Waals surface area (Å²) >= 11 is 0. The van der Waals surface area contributed by atoms with Crippen molar-refractivity contribution in [2.75, 3.05) is 18.6 Å². The van der Waals surface area contributed by atoms with E-state index in [1.165, 1.54) is 12.0 Å². The number of hydrogen-bond acceptors (Lipinski definition) is 5. The third-order valence-electron chi connectivity index (χ3n) is 6.73. The summed E-state index contributed by atoms with van der Waals surface area (Å²) < 4.78 is 92.6. The van der Waals surface area contributed by atoms with Crippen LogP contribution in [0.1, 0.15) is 29.5 Å². The van der Waals surface area contributed by atoms with Crippen LogP contribution >= 0.6 is 0 Å². The predicted octanol–water partition coefficient (Wildman–Crippen LogP) is 5.76. The highest BCUT2D eigenvalue weighted by molar-refractivity contribution is 5.94. The Morgan fingerprint density at radius 3 is 2.40 bits per heavy atom. The number of anilines is 1. The van der Waals surface area contributed by atoms with E-state index in [9.17, 15) is 36.2 Å². The molecule has 0 fully saturated rings. The molecule has 0 spiro atoms. The number of aryl methyl sites for hydroxylation is 2. The lowest BCUT2D eigenvalue weighted by molar-refractivity contribution is -0.376. The van der Waals surface area contributed by atoms with Crippen LogP contribution in [-0.4, -0.2) is 48.1 Å². The second-order valence-corrected chi connectivity index (χ2v) is 9.37. The van der Waals surface area contributed by atoms with E-state index in [0.29, 0.717) is 30.1 Å². The van der Waals surface area contributed by atoms with Gasteiger partial charge in [0.15, 0.2) is 0 Å². The van der Waals surface area contributed by atoms with Gasteiger partial charge in [-0.05, 0) is 54.7 Å². The Labute approximate surface area is 226 Å². The molecule has 0 saturated heterocycles. The predicted molar refractivity (Wildman–Crippen MR) is 133 cm³/mol. The zero-order chi connectivity index (χ0) is 29.1. The summed E-state index contributed by atoms with van der Waals surface area (Å²) in [4.78, 5) is 18.7. The van der Waals surface area contributed by atoms with E-state index in [1.54, 1.807) is 48.8 Å². The molecule has 1 N–H and O–H groups in total. The summed E-state index contributed by atoms with van der Waals surface area (Å²) in [6.07, 6.45) is -9.02. The van der Waals surface area contributed by atoms with Crippen LogP contribution in [0.25, 0.3) is 0 Å². The van der Waals surface area contributed by atoms with Gasteiger partial charge in [0, 0.05) is 36.1 Å². The maximum absolute atomic E-state index is 13.6. The van der Waals surface area contributed by atoms with Gasteiger partial charge in [0.2, 0.25) is 5.91 Å². The molecule has 1 aromatic heterocycles. The summed E-state index contributed by atoms with van der Waals surface area (Å²) in [5.41, 5.74) is -5.46. The van der Waals surface area contributed by atoms with E-state index in [-0.39, 0.29) is 37.1 Å². The molecule has 1 aliphatic rings. The minimum Gasteiger partial charge on any atom is -0.497 e. The number of nitrogens with zero attached hydrogens (tertiary/aromatic N) is 2. The number of rotatable bonds is 7. The van der Waals surface area contributed by atoms with Crippen LogP contribution < -0.4 is 14.4 Å². The summed E-state index contributed by atoms with van der Waals surface area (Å²) in [6.45, 7) is -0.00175. The molecule has 4 rings (SSSR count). The summed E-state index contributed by atoms with van der Waals surface area (Å²) in [6, 6.07) is 12.4. The van der Waals surface area contributed by atoms with Crippen molar-refractivity contribution in [2.24, 2.45) is 0 Å². The molecule has 1 amide bonds. The lowest BCUT2D eigenvalue weighted by Gasteiger charge is -2.33. The summed E-state index contributed by atoms with van der Waals surface area (Å²) in [7, 11) is 1.48. The maximum Gasteiger partial charge on any atom is 0.430 e. The number of pyridine rings is 1. The second kappa shape index (κ2) is 11.4. The molecule has 3 aromatic rings. The average molecular weight is 569 g/mol. The van der Waals surface area contributed by atoms with Gasteiger partial charge >= 0.3 is 12.4 Å². The van der Waals surface area contributed by atoms with Crippen LogP contribution in [0.5, 0.6) is 11.5 Å². The normalized spacial score (nSPS) is 16.2. The fourth-order valence-electron chi connectivity index (χ4n) is 4.60. The number of amides is 1. The standard InChI is InChI=1S/C28H26F6N2O4/c1-39-21-5-2-6-22(15-21)40-23-10-8-19-14-20(26(38,27(29,30)31)28(32,33)34)9-11-24(19)36(17-23)25(37)12-7-18-4-3-13-35-16-18/h2-6,9,11,13-16,23,38H,7-8,10,12,17H2,1H3. The van der Waals surface area contributed by atoms with Crippen LogP contribution in [0, 0.1) is 0 Å². The number of fused-ring (bicyclic) bond motifs is 1. The minimum absolute atomic E-state index is 0.00175. The molecule has 1 unspecified atom stereocenters. The zero-order valence-corrected chi connectivity index (χ0v) is 21.3. The maximum atomic E-state index is 13.6. The molecule has 12 heteroatoms. The van der Waals surface area contributed by atoms with E-state index >= 15 is 0 Å². The number of aromatic nitrogens is 1. The van der Waals surface area contributed by atoms with Crippen LogP contribution in [0.15, 0.2) is 67.0 Å². The fraction of sp³-hybridized carbons (Fsp3) is 0.357. The highest BCUT2D eigenvalue weighted by atomic mass is 19.4. The lowest BCUT2D eigenvalue weighted by atomic mass is 9.89. The van der Waals surface area contributed by atoms with Gasteiger partial charge in [0.1, 0.15) is 17.6 Å². The van der Waals surface area contributed by atoms with Crippen molar-refractivity contribution in [3.8, 4) is 11.5 Å². The molecular weight excluding hydrogens is 542 g/mol. The van der Waals surface area contributed by atoms with Crippen molar-refractivity contribution in [2.45, 2.75) is 49.7 Å². The van der Waals surface area contributed by atoms with Gasteiger partial charge < -0.3 is 19.5 Å². The number of carbonyl (C=O) groups excluding carboxylic acids is 1. The van der Waals surface area contributed by atoms with Gasteiger partial charge in [-0.1, -0.05) is 24.3 Å². The van der Waals surface area contributed by atoms with Crippen LogP contribution in [-0.2, 0) is 23.2 Å². The van der Waals surface area contributed by atoms with Crippen LogP contribution in [0.2, 0.25) is 0 Å². The molecule has 1 aliphatic heterocycles. The Morgan fingerprint density at radius 2 is 1.75 bits per heavy atom. The number of aliphatic hydroxyl groups is 1.